The Morgan fingerprint density at radius 2 is 2.38 bits per heavy atom. The van der Waals surface area contributed by atoms with E-state index in [0.29, 0.717) is 12.5 Å². The molecule has 1 aliphatic rings. The Bertz CT molecular complexity index is 182. The van der Waals surface area contributed by atoms with Crippen molar-refractivity contribution in [1.82, 2.24) is 4.90 Å². The Morgan fingerprint density at radius 1 is 1.69 bits per heavy atom. The van der Waals surface area contributed by atoms with Gasteiger partial charge in [-0.3, -0.25) is 4.90 Å². The molecule has 0 aromatic heterocycles. The first-order chi connectivity index (χ1) is 6.13. The number of piperidine rings is 1. The lowest BCUT2D eigenvalue weighted by molar-refractivity contribution is 0.0386. The van der Waals surface area contributed by atoms with E-state index in [-0.39, 0.29) is 6.10 Å². The summed E-state index contributed by atoms with van der Waals surface area (Å²) in [7, 11) is 0. The second kappa shape index (κ2) is 4.74. The predicted molar refractivity (Wildman–Crippen MR) is 54.4 cm³/mol. The largest absolute Gasteiger partial charge is 0.393 e. The molecule has 76 valence electrons. The minimum absolute atomic E-state index is 0.123. The third kappa shape index (κ3) is 3.10. The quantitative estimate of drug-likeness (QED) is 0.616. The number of likely N-dealkylation sites (tertiary alicyclic amines) is 1. The summed E-state index contributed by atoms with van der Waals surface area (Å²) in [6.07, 6.45) is 0.751. The van der Waals surface area contributed by atoms with Crippen LogP contribution in [0.5, 0.6) is 0 Å². The highest BCUT2D eigenvalue weighted by atomic mass is 16.3. The molecule has 2 atom stereocenters. The Kier molecular flexibility index (Phi) is 3.90. The average molecular weight is 184 g/mol. The van der Waals surface area contributed by atoms with Gasteiger partial charge in [0.25, 0.3) is 0 Å². The van der Waals surface area contributed by atoms with Crippen molar-refractivity contribution < 1.29 is 5.11 Å². The van der Waals surface area contributed by atoms with Crippen molar-refractivity contribution in [3.63, 3.8) is 0 Å². The number of nitrogens with two attached hydrogens (primary N) is 1. The molecular formula is C10H20N2O. The van der Waals surface area contributed by atoms with E-state index in [1.54, 1.807) is 0 Å². The summed E-state index contributed by atoms with van der Waals surface area (Å²) in [5, 5.41) is 9.51. The topological polar surface area (TPSA) is 49.5 Å². The first-order valence-electron chi connectivity index (χ1n) is 4.90. The highest BCUT2D eigenvalue weighted by Crippen LogP contribution is 2.16. The van der Waals surface area contributed by atoms with E-state index in [0.717, 1.165) is 31.6 Å². The van der Waals surface area contributed by atoms with Gasteiger partial charge in [-0.2, -0.15) is 0 Å². The van der Waals surface area contributed by atoms with Crippen LogP contribution >= 0.6 is 0 Å². The van der Waals surface area contributed by atoms with E-state index in [9.17, 15) is 5.11 Å². The SMILES string of the molecule is C=C(CN)CN1CCC(O)C(C)C1. The average Bonchev–Trinajstić information content (AvgIpc) is 2.11. The first kappa shape index (κ1) is 10.7. The molecule has 1 saturated heterocycles. The molecule has 3 nitrogen and oxygen atoms in total. The fraction of sp³-hybridized carbons (Fsp3) is 0.800. The van der Waals surface area contributed by atoms with Crippen molar-refractivity contribution in [2.75, 3.05) is 26.2 Å². The Morgan fingerprint density at radius 3 is 2.92 bits per heavy atom. The lowest BCUT2D eigenvalue weighted by Gasteiger charge is -2.34. The molecule has 3 N–H and O–H groups in total. The van der Waals surface area contributed by atoms with Crippen molar-refractivity contribution in [3.8, 4) is 0 Å². The van der Waals surface area contributed by atoms with Gasteiger partial charge in [0.1, 0.15) is 0 Å². The standard InChI is InChI=1S/C10H20N2O/c1-8(5-11)6-12-4-3-10(13)9(2)7-12/h9-10,13H,1,3-7,11H2,2H3. The molecule has 0 amide bonds. The minimum Gasteiger partial charge on any atom is -0.393 e. The Labute approximate surface area is 80.2 Å². The zero-order chi connectivity index (χ0) is 9.84. The van der Waals surface area contributed by atoms with Gasteiger partial charge in [0.05, 0.1) is 6.10 Å². The number of aliphatic hydroxyl groups is 1. The molecule has 0 radical (unpaired) electrons. The predicted octanol–water partition coefficient (Wildman–Crippen LogP) is 0.204. The Balaban J connectivity index is 2.33. The first-order valence-corrected chi connectivity index (χ1v) is 4.90. The van der Waals surface area contributed by atoms with Crippen LogP contribution in [0, 0.1) is 5.92 Å². The van der Waals surface area contributed by atoms with E-state index < -0.39 is 0 Å². The van der Waals surface area contributed by atoms with Gasteiger partial charge < -0.3 is 10.8 Å². The second-order valence-corrected chi connectivity index (χ2v) is 4.02. The summed E-state index contributed by atoms with van der Waals surface area (Å²) >= 11 is 0. The normalized spacial score (nSPS) is 30.4. The summed E-state index contributed by atoms with van der Waals surface area (Å²) in [4.78, 5) is 2.31. The van der Waals surface area contributed by atoms with E-state index in [1.165, 1.54) is 0 Å². The van der Waals surface area contributed by atoms with Crippen LogP contribution in [0.4, 0.5) is 0 Å². The zero-order valence-corrected chi connectivity index (χ0v) is 8.37. The molecule has 2 unspecified atom stereocenters. The monoisotopic (exact) mass is 184 g/mol. The van der Waals surface area contributed by atoms with Crippen LogP contribution in [0.3, 0.4) is 0 Å². The van der Waals surface area contributed by atoms with Crippen LogP contribution in [-0.2, 0) is 0 Å². The third-order valence-electron chi connectivity index (χ3n) is 2.68. The van der Waals surface area contributed by atoms with Gasteiger partial charge in [-0.25, -0.2) is 0 Å². The fourth-order valence-electron chi connectivity index (χ4n) is 1.74. The van der Waals surface area contributed by atoms with Crippen LogP contribution in [0.2, 0.25) is 0 Å². The number of aliphatic hydroxyl groups excluding tert-OH is 1. The maximum atomic E-state index is 9.51. The highest BCUT2D eigenvalue weighted by Gasteiger charge is 2.23. The molecule has 0 spiro atoms. The second-order valence-electron chi connectivity index (χ2n) is 4.02. The van der Waals surface area contributed by atoms with Gasteiger partial charge in [0.2, 0.25) is 0 Å². The number of hydrogen-bond donors (Lipinski definition) is 2. The molecule has 0 aromatic carbocycles. The van der Waals surface area contributed by atoms with Gasteiger partial charge >= 0.3 is 0 Å². The fourth-order valence-corrected chi connectivity index (χ4v) is 1.74. The van der Waals surface area contributed by atoms with E-state index in [2.05, 4.69) is 18.4 Å². The van der Waals surface area contributed by atoms with Gasteiger partial charge in [-0.05, 0) is 17.9 Å². The smallest absolute Gasteiger partial charge is 0.0590 e. The van der Waals surface area contributed by atoms with Crippen molar-refractivity contribution >= 4 is 0 Å². The molecule has 0 saturated carbocycles. The molecule has 0 bridgehead atoms. The van der Waals surface area contributed by atoms with Crippen LogP contribution in [0.15, 0.2) is 12.2 Å². The number of hydrogen-bond acceptors (Lipinski definition) is 3. The molecule has 0 aromatic rings. The third-order valence-corrected chi connectivity index (χ3v) is 2.68. The molecule has 3 heteroatoms. The summed E-state index contributed by atoms with van der Waals surface area (Å²) in [6, 6.07) is 0. The number of rotatable bonds is 3. The van der Waals surface area contributed by atoms with E-state index in [4.69, 9.17) is 5.73 Å². The number of nitrogens with zero attached hydrogens (tertiary/aromatic N) is 1. The van der Waals surface area contributed by atoms with Crippen LogP contribution in [0.25, 0.3) is 0 Å². The zero-order valence-electron chi connectivity index (χ0n) is 8.37. The van der Waals surface area contributed by atoms with Gasteiger partial charge in [0.15, 0.2) is 0 Å². The van der Waals surface area contributed by atoms with Gasteiger partial charge in [0, 0.05) is 26.2 Å². The molecule has 1 heterocycles. The molecule has 13 heavy (non-hydrogen) atoms. The van der Waals surface area contributed by atoms with Crippen LogP contribution < -0.4 is 5.73 Å². The van der Waals surface area contributed by atoms with Crippen LogP contribution in [0.1, 0.15) is 13.3 Å². The molecule has 1 fully saturated rings. The lowest BCUT2D eigenvalue weighted by Crippen LogP contribution is -2.43. The molecule has 1 rings (SSSR count). The van der Waals surface area contributed by atoms with Crippen molar-refractivity contribution in [3.05, 3.63) is 12.2 Å². The maximum Gasteiger partial charge on any atom is 0.0590 e. The summed E-state index contributed by atoms with van der Waals surface area (Å²) in [5.41, 5.74) is 6.55. The molecule has 0 aliphatic carbocycles. The lowest BCUT2D eigenvalue weighted by atomic mass is 9.96. The highest BCUT2D eigenvalue weighted by molar-refractivity contribution is 4.99. The minimum atomic E-state index is -0.123. The summed E-state index contributed by atoms with van der Waals surface area (Å²) < 4.78 is 0. The summed E-state index contributed by atoms with van der Waals surface area (Å²) in [5.74, 6) is 0.374. The van der Waals surface area contributed by atoms with E-state index in [1.807, 2.05) is 0 Å². The van der Waals surface area contributed by atoms with Gasteiger partial charge in [-0.1, -0.05) is 13.5 Å². The van der Waals surface area contributed by atoms with Crippen molar-refractivity contribution in [2.45, 2.75) is 19.4 Å². The van der Waals surface area contributed by atoms with E-state index >= 15 is 0 Å². The van der Waals surface area contributed by atoms with Gasteiger partial charge in [-0.15, -0.1) is 0 Å². The maximum absolute atomic E-state index is 9.51. The molecular weight excluding hydrogens is 164 g/mol. The van der Waals surface area contributed by atoms with Crippen LogP contribution in [-0.4, -0.2) is 42.3 Å². The summed E-state index contributed by atoms with van der Waals surface area (Å²) in [6.45, 7) is 9.33. The van der Waals surface area contributed by atoms with Crippen molar-refractivity contribution in [2.24, 2.45) is 11.7 Å². The Hall–Kier alpha value is -0.380. The van der Waals surface area contributed by atoms with Crippen molar-refractivity contribution in [1.29, 1.82) is 0 Å². The molecule has 1 aliphatic heterocycles.